The van der Waals surface area contributed by atoms with Crippen molar-refractivity contribution in [1.82, 2.24) is 20.2 Å². The van der Waals surface area contributed by atoms with Crippen molar-refractivity contribution in [3.05, 3.63) is 22.2 Å². The summed E-state index contributed by atoms with van der Waals surface area (Å²) in [6.07, 6.45) is 7.14. The van der Waals surface area contributed by atoms with Crippen LogP contribution in [0.1, 0.15) is 44.6 Å². The van der Waals surface area contributed by atoms with Crippen molar-refractivity contribution in [3.63, 3.8) is 0 Å². The molecular formula is C14H17Cl2N5. The van der Waals surface area contributed by atoms with E-state index in [1.807, 2.05) is 4.68 Å². The SMILES string of the molecule is Nc1cc(Cl)c(Cl)c(-c2nnnn2C2CCCCCC2)c1. The van der Waals surface area contributed by atoms with Gasteiger partial charge < -0.3 is 5.73 Å². The highest BCUT2D eigenvalue weighted by Gasteiger charge is 2.22. The molecule has 0 atom stereocenters. The van der Waals surface area contributed by atoms with Crippen molar-refractivity contribution in [2.24, 2.45) is 0 Å². The summed E-state index contributed by atoms with van der Waals surface area (Å²) in [4.78, 5) is 0. The fourth-order valence-corrected chi connectivity index (χ4v) is 3.31. The number of benzene rings is 1. The molecule has 0 amide bonds. The fraction of sp³-hybridized carbons (Fsp3) is 0.500. The van der Waals surface area contributed by atoms with Crippen LogP contribution in [0.5, 0.6) is 0 Å². The minimum atomic E-state index is 0.314. The third-order valence-corrected chi connectivity index (χ3v) is 4.76. The van der Waals surface area contributed by atoms with Gasteiger partial charge in [-0.05, 0) is 35.4 Å². The zero-order valence-electron chi connectivity index (χ0n) is 11.6. The lowest BCUT2D eigenvalue weighted by molar-refractivity contribution is 0.400. The second-order valence-corrected chi connectivity index (χ2v) is 6.24. The first-order valence-electron chi connectivity index (χ1n) is 7.19. The molecule has 7 heteroatoms. The maximum absolute atomic E-state index is 6.30. The maximum Gasteiger partial charge on any atom is 0.183 e. The quantitative estimate of drug-likeness (QED) is 0.665. The molecule has 2 N–H and O–H groups in total. The molecule has 1 aromatic carbocycles. The van der Waals surface area contributed by atoms with E-state index in [4.69, 9.17) is 28.9 Å². The predicted molar refractivity (Wildman–Crippen MR) is 84.4 cm³/mol. The normalized spacial score (nSPS) is 16.9. The standard InChI is InChI=1S/C14H17Cl2N5/c15-12-8-9(17)7-11(13(12)16)14-18-19-20-21(14)10-5-3-1-2-4-6-10/h7-8,10H,1-6,17H2. The smallest absolute Gasteiger partial charge is 0.183 e. The molecule has 2 aromatic rings. The first-order valence-corrected chi connectivity index (χ1v) is 7.95. The van der Waals surface area contributed by atoms with Crippen LogP contribution in [-0.2, 0) is 0 Å². The number of tetrazole rings is 1. The van der Waals surface area contributed by atoms with Crippen LogP contribution >= 0.6 is 23.2 Å². The summed E-state index contributed by atoms with van der Waals surface area (Å²) in [5, 5.41) is 13.0. The minimum absolute atomic E-state index is 0.314. The van der Waals surface area contributed by atoms with Gasteiger partial charge in [0.25, 0.3) is 0 Å². The van der Waals surface area contributed by atoms with Gasteiger partial charge in [-0.2, -0.15) is 0 Å². The Morgan fingerprint density at radius 1 is 1.10 bits per heavy atom. The predicted octanol–water partition coefficient (Wildman–Crippen LogP) is 4.12. The van der Waals surface area contributed by atoms with E-state index in [2.05, 4.69) is 15.5 Å². The van der Waals surface area contributed by atoms with Crippen LogP contribution in [0.15, 0.2) is 12.1 Å². The number of hydrogen-bond acceptors (Lipinski definition) is 4. The Morgan fingerprint density at radius 2 is 1.81 bits per heavy atom. The van der Waals surface area contributed by atoms with Crippen LogP contribution in [0.4, 0.5) is 5.69 Å². The molecule has 3 rings (SSSR count). The Labute approximate surface area is 133 Å². The summed E-state index contributed by atoms with van der Waals surface area (Å²) in [5.41, 5.74) is 7.11. The number of halogens is 2. The highest BCUT2D eigenvalue weighted by molar-refractivity contribution is 6.43. The first kappa shape index (κ1) is 14.6. The molecule has 1 aliphatic rings. The van der Waals surface area contributed by atoms with Gasteiger partial charge in [0.1, 0.15) is 0 Å². The summed E-state index contributed by atoms with van der Waals surface area (Å²) in [6, 6.07) is 3.72. The van der Waals surface area contributed by atoms with Gasteiger partial charge in [-0.3, -0.25) is 0 Å². The molecule has 0 aliphatic heterocycles. The summed E-state index contributed by atoms with van der Waals surface area (Å²) in [7, 11) is 0. The Morgan fingerprint density at radius 3 is 2.52 bits per heavy atom. The molecule has 112 valence electrons. The second-order valence-electron chi connectivity index (χ2n) is 5.46. The molecule has 0 radical (unpaired) electrons. The Bertz CT molecular complexity index is 632. The van der Waals surface area contributed by atoms with Crippen molar-refractivity contribution in [2.75, 3.05) is 5.73 Å². The van der Waals surface area contributed by atoms with E-state index >= 15 is 0 Å². The molecule has 0 bridgehead atoms. The number of nitrogens with zero attached hydrogens (tertiary/aromatic N) is 4. The van der Waals surface area contributed by atoms with E-state index in [1.54, 1.807) is 12.1 Å². The summed E-state index contributed by atoms with van der Waals surface area (Å²) < 4.78 is 1.88. The van der Waals surface area contributed by atoms with Crippen molar-refractivity contribution >= 4 is 28.9 Å². The molecule has 1 heterocycles. The largest absolute Gasteiger partial charge is 0.399 e. The zero-order valence-corrected chi connectivity index (χ0v) is 13.1. The average molecular weight is 326 g/mol. The van der Waals surface area contributed by atoms with Crippen molar-refractivity contribution in [3.8, 4) is 11.4 Å². The summed E-state index contributed by atoms with van der Waals surface area (Å²) >= 11 is 12.4. The van der Waals surface area contributed by atoms with Crippen LogP contribution in [-0.4, -0.2) is 20.2 Å². The number of nitrogens with two attached hydrogens (primary N) is 1. The third-order valence-electron chi connectivity index (χ3n) is 3.95. The van der Waals surface area contributed by atoms with Gasteiger partial charge in [-0.1, -0.05) is 48.9 Å². The van der Waals surface area contributed by atoms with Crippen LogP contribution in [0.25, 0.3) is 11.4 Å². The van der Waals surface area contributed by atoms with E-state index in [0.29, 0.717) is 33.2 Å². The molecule has 1 fully saturated rings. The van der Waals surface area contributed by atoms with Gasteiger partial charge in [0, 0.05) is 11.3 Å². The van der Waals surface area contributed by atoms with Gasteiger partial charge in [0.15, 0.2) is 5.82 Å². The number of nitrogen functional groups attached to an aromatic ring is 1. The number of aromatic nitrogens is 4. The highest BCUT2D eigenvalue weighted by Crippen LogP contribution is 2.37. The fourth-order valence-electron chi connectivity index (χ4n) is 2.89. The van der Waals surface area contributed by atoms with Crippen LogP contribution in [0, 0.1) is 0 Å². The second kappa shape index (κ2) is 6.20. The van der Waals surface area contributed by atoms with E-state index in [-0.39, 0.29) is 0 Å². The van der Waals surface area contributed by atoms with E-state index in [0.717, 1.165) is 12.8 Å². The first-order chi connectivity index (χ1) is 10.2. The Kier molecular flexibility index (Phi) is 4.31. The lowest BCUT2D eigenvalue weighted by Gasteiger charge is -2.16. The van der Waals surface area contributed by atoms with Gasteiger partial charge in [0.2, 0.25) is 0 Å². The third kappa shape index (κ3) is 2.99. The molecule has 1 aliphatic carbocycles. The van der Waals surface area contributed by atoms with Crippen LogP contribution in [0.3, 0.4) is 0 Å². The minimum Gasteiger partial charge on any atom is -0.399 e. The molecule has 21 heavy (non-hydrogen) atoms. The lowest BCUT2D eigenvalue weighted by Crippen LogP contribution is -2.12. The van der Waals surface area contributed by atoms with Crippen molar-refractivity contribution in [2.45, 2.75) is 44.6 Å². The molecular weight excluding hydrogens is 309 g/mol. The molecule has 1 saturated carbocycles. The highest BCUT2D eigenvalue weighted by atomic mass is 35.5. The molecule has 0 unspecified atom stereocenters. The monoisotopic (exact) mass is 325 g/mol. The molecule has 0 spiro atoms. The Balaban J connectivity index is 2.02. The summed E-state index contributed by atoms with van der Waals surface area (Å²) in [6.45, 7) is 0. The van der Waals surface area contributed by atoms with E-state index < -0.39 is 0 Å². The number of rotatable bonds is 2. The van der Waals surface area contributed by atoms with Gasteiger partial charge in [-0.25, -0.2) is 4.68 Å². The number of anilines is 1. The lowest BCUT2D eigenvalue weighted by atomic mass is 10.1. The van der Waals surface area contributed by atoms with Crippen molar-refractivity contribution < 1.29 is 0 Å². The van der Waals surface area contributed by atoms with E-state index in [1.165, 1.54) is 25.7 Å². The van der Waals surface area contributed by atoms with E-state index in [9.17, 15) is 0 Å². The van der Waals surface area contributed by atoms with Crippen LogP contribution in [0.2, 0.25) is 10.0 Å². The number of hydrogen-bond donors (Lipinski definition) is 1. The summed E-state index contributed by atoms with van der Waals surface area (Å²) in [5.74, 6) is 0.640. The van der Waals surface area contributed by atoms with Gasteiger partial charge in [0.05, 0.1) is 16.1 Å². The Hall–Kier alpha value is -1.33. The van der Waals surface area contributed by atoms with Gasteiger partial charge >= 0.3 is 0 Å². The van der Waals surface area contributed by atoms with Crippen molar-refractivity contribution in [1.29, 1.82) is 0 Å². The molecule has 1 aromatic heterocycles. The zero-order chi connectivity index (χ0) is 14.8. The van der Waals surface area contributed by atoms with Gasteiger partial charge in [-0.15, -0.1) is 5.10 Å². The van der Waals surface area contributed by atoms with Crippen LogP contribution < -0.4 is 5.73 Å². The topological polar surface area (TPSA) is 69.6 Å². The molecule has 5 nitrogen and oxygen atoms in total. The molecule has 0 saturated heterocycles. The maximum atomic E-state index is 6.30. The average Bonchev–Trinajstić information content (AvgIpc) is 2.78.